The highest BCUT2D eigenvalue weighted by molar-refractivity contribution is 6.04. The number of phenols is 1. The van der Waals surface area contributed by atoms with Crippen LogP contribution >= 0.6 is 0 Å². The minimum absolute atomic E-state index is 0.0152. The lowest BCUT2D eigenvalue weighted by atomic mass is 10.1. The molecule has 3 aromatic rings. The third kappa shape index (κ3) is 7.33. The van der Waals surface area contributed by atoms with Crippen molar-refractivity contribution in [2.75, 3.05) is 19.0 Å². The molecule has 0 bridgehead atoms. The number of rotatable bonds is 10. The molecular weight excluding hydrogens is 448 g/mol. The standard InChI is InChI=1S/C27H28N2O6/c1-18(20-8-4-3-5-9-20)28-27(33)21-10-6-7-11-22(21)29-25(31)17-35-26(32)15-13-19-12-14-24(34-2)23(30)16-19/h3-12,14,16,18,30H,13,15,17H2,1-2H3,(H,28,33)(H,29,31). The molecule has 8 heteroatoms. The maximum Gasteiger partial charge on any atom is 0.306 e. The van der Waals surface area contributed by atoms with Crippen LogP contribution in [0, 0.1) is 0 Å². The van der Waals surface area contributed by atoms with Crippen LogP contribution in [-0.2, 0) is 20.7 Å². The monoisotopic (exact) mass is 476 g/mol. The second-order valence-corrected chi connectivity index (χ2v) is 7.87. The Kier molecular flexibility index (Phi) is 8.83. The Labute approximate surface area is 203 Å². The molecule has 0 aromatic heterocycles. The number of benzene rings is 3. The van der Waals surface area contributed by atoms with Crippen LogP contribution in [0.15, 0.2) is 72.8 Å². The van der Waals surface area contributed by atoms with Gasteiger partial charge in [0.15, 0.2) is 18.1 Å². The molecule has 8 nitrogen and oxygen atoms in total. The van der Waals surface area contributed by atoms with E-state index in [4.69, 9.17) is 9.47 Å². The first-order chi connectivity index (χ1) is 16.9. The summed E-state index contributed by atoms with van der Waals surface area (Å²) >= 11 is 0. The number of aryl methyl sites for hydroxylation is 1. The lowest BCUT2D eigenvalue weighted by Gasteiger charge is -2.16. The molecule has 1 atom stereocenters. The highest BCUT2D eigenvalue weighted by Gasteiger charge is 2.17. The van der Waals surface area contributed by atoms with Gasteiger partial charge in [-0.05, 0) is 48.7 Å². The number of phenolic OH excluding ortho intramolecular Hbond substituents is 1. The Morgan fingerprint density at radius 2 is 1.69 bits per heavy atom. The van der Waals surface area contributed by atoms with E-state index in [2.05, 4.69) is 10.6 Å². The number of hydrogen-bond acceptors (Lipinski definition) is 6. The normalized spacial score (nSPS) is 11.3. The number of methoxy groups -OCH3 is 1. The van der Waals surface area contributed by atoms with E-state index in [0.717, 1.165) is 11.1 Å². The molecule has 2 amide bonds. The predicted octanol–water partition coefficient (Wildman–Crippen LogP) is 4.01. The summed E-state index contributed by atoms with van der Waals surface area (Å²) < 4.78 is 10.0. The van der Waals surface area contributed by atoms with Crippen LogP contribution in [0.2, 0.25) is 0 Å². The molecule has 3 N–H and O–H groups in total. The van der Waals surface area contributed by atoms with Crippen LogP contribution in [0.25, 0.3) is 0 Å². The molecule has 3 aromatic carbocycles. The summed E-state index contributed by atoms with van der Waals surface area (Å²) in [5, 5.41) is 15.4. The number of carbonyl (C=O) groups is 3. The number of esters is 1. The highest BCUT2D eigenvalue weighted by Crippen LogP contribution is 2.26. The molecule has 35 heavy (non-hydrogen) atoms. The van der Waals surface area contributed by atoms with E-state index >= 15 is 0 Å². The zero-order valence-electron chi connectivity index (χ0n) is 19.6. The Morgan fingerprint density at radius 3 is 2.40 bits per heavy atom. The van der Waals surface area contributed by atoms with Crippen molar-refractivity contribution in [3.8, 4) is 11.5 Å². The lowest BCUT2D eigenvalue weighted by Crippen LogP contribution is -2.28. The molecule has 0 radical (unpaired) electrons. The number of anilines is 1. The van der Waals surface area contributed by atoms with Crippen molar-refractivity contribution in [3.63, 3.8) is 0 Å². The topological polar surface area (TPSA) is 114 Å². The molecule has 182 valence electrons. The number of carbonyl (C=O) groups excluding carboxylic acids is 3. The van der Waals surface area contributed by atoms with Gasteiger partial charge in [0.05, 0.1) is 24.4 Å². The van der Waals surface area contributed by atoms with Gasteiger partial charge in [-0.25, -0.2) is 0 Å². The maximum atomic E-state index is 12.8. The summed E-state index contributed by atoms with van der Waals surface area (Å²) in [6, 6.07) is 20.8. The highest BCUT2D eigenvalue weighted by atomic mass is 16.5. The lowest BCUT2D eigenvalue weighted by molar-refractivity contribution is -0.147. The number of hydrogen-bond donors (Lipinski definition) is 3. The SMILES string of the molecule is COc1ccc(CCC(=O)OCC(=O)Nc2ccccc2C(=O)NC(C)c2ccccc2)cc1O. The van der Waals surface area contributed by atoms with Gasteiger partial charge < -0.3 is 25.2 Å². The van der Waals surface area contributed by atoms with E-state index in [0.29, 0.717) is 23.4 Å². The molecule has 0 aliphatic carbocycles. The fourth-order valence-corrected chi connectivity index (χ4v) is 3.43. The van der Waals surface area contributed by atoms with Crippen LogP contribution in [0.5, 0.6) is 11.5 Å². The van der Waals surface area contributed by atoms with Crippen molar-refractivity contribution in [1.82, 2.24) is 5.32 Å². The number of nitrogens with one attached hydrogen (secondary N) is 2. The Morgan fingerprint density at radius 1 is 0.971 bits per heavy atom. The first kappa shape index (κ1) is 25.3. The summed E-state index contributed by atoms with van der Waals surface area (Å²) in [4.78, 5) is 37.2. The zero-order chi connectivity index (χ0) is 25.2. The number of para-hydroxylation sites is 1. The molecule has 0 aliphatic rings. The van der Waals surface area contributed by atoms with Crippen molar-refractivity contribution in [3.05, 3.63) is 89.5 Å². The average Bonchev–Trinajstić information content (AvgIpc) is 2.87. The second-order valence-electron chi connectivity index (χ2n) is 7.87. The van der Waals surface area contributed by atoms with Gasteiger partial charge in [-0.1, -0.05) is 48.5 Å². The minimum atomic E-state index is -0.559. The van der Waals surface area contributed by atoms with Crippen molar-refractivity contribution in [2.24, 2.45) is 0 Å². The van der Waals surface area contributed by atoms with Crippen molar-refractivity contribution in [1.29, 1.82) is 0 Å². The average molecular weight is 477 g/mol. The molecule has 0 aliphatic heterocycles. The minimum Gasteiger partial charge on any atom is -0.504 e. The summed E-state index contributed by atoms with van der Waals surface area (Å²) in [5.41, 5.74) is 2.31. The number of aromatic hydroxyl groups is 1. The molecule has 0 spiro atoms. The van der Waals surface area contributed by atoms with E-state index in [1.807, 2.05) is 37.3 Å². The fraction of sp³-hybridized carbons (Fsp3) is 0.222. The molecular formula is C27H28N2O6. The summed E-state index contributed by atoms with van der Waals surface area (Å²) in [5.74, 6) is -1.12. The first-order valence-electron chi connectivity index (χ1n) is 11.1. The van der Waals surface area contributed by atoms with Crippen molar-refractivity contribution in [2.45, 2.75) is 25.8 Å². The quantitative estimate of drug-likeness (QED) is 0.381. The number of amides is 2. The van der Waals surface area contributed by atoms with Gasteiger partial charge in [0.25, 0.3) is 11.8 Å². The van der Waals surface area contributed by atoms with Gasteiger partial charge in [-0.2, -0.15) is 0 Å². The number of ether oxygens (including phenoxy) is 2. The van der Waals surface area contributed by atoms with Crippen LogP contribution in [0.1, 0.15) is 40.9 Å². The predicted molar refractivity (Wildman–Crippen MR) is 131 cm³/mol. The third-order valence-electron chi connectivity index (χ3n) is 5.32. The molecule has 0 fully saturated rings. The van der Waals surface area contributed by atoms with Gasteiger partial charge in [-0.15, -0.1) is 0 Å². The summed E-state index contributed by atoms with van der Waals surface area (Å²) in [6.07, 6.45) is 0.371. The molecule has 0 heterocycles. The third-order valence-corrected chi connectivity index (χ3v) is 5.32. The van der Waals surface area contributed by atoms with Crippen LogP contribution in [0.4, 0.5) is 5.69 Å². The van der Waals surface area contributed by atoms with Crippen molar-refractivity contribution >= 4 is 23.5 Å². The van der Waals surface area contributed by atoms with Gasteiger partial charge >= 0.3 is 5.97 Å². The van der Waals surface area contributed by atoms with E-state index in [9.17, 15) is 19.5 Å². The van der Waals surface area contributed by atoms with E-state index in [1.165, 1.54) is 13.2 Å². The zero-order valence-corrected chi connectivity index (χ0v) is 19.6. The Hall–Kier alpha value is -4.33. The van der Waals surface area contributed by atoms with Crippen LogP contribution in [0.3, 0.4) is 0 Å². The van der Waals surface area contributed by atoms with E-state index in [1.54, 1.807) is 36.4 Å². The van der Waals surface area contributed by atoms with E-state index < -0.39 is 18.5 Å². The molecule has 1 unspecified atom stereocenters. The maximum absolute atomic E-state index is 12.8. The van der Waals surface area contributed by atoms with Gasteiger partial charge in [-0.3, -0.25) is 14.4 Å². The van der Waals surface area contributed by atoms with Crippen LogP contribution < -0.4 is 15.4 Å². The van der Waals surface area contributed by atoms with E-state index in [-0.39, 0.29) is 24.1 Å². The molecule has 3 rings (SSSR count). The summed E-state index contributed by atoms with van der Waals surface area (Å²) in [7, 11) is 1.45. The smallest absolute Gasteiger partial charge is 0.306 e. The summed E-state index contributed by atoms with van der Waals surface area (Å²) in [6.45, 7) is 1.39. The Bertz CT molecular complexity index is 1180. The molecule has 0 saturated carbocycles. The van der Waals surface area contributed by atoms with Crippen LogP contribution in [-0.4, -0.2) is 36.6 Å². The largest absolute Gasteiger partial charge is 0.504 e. The Balaban J connectivity index is 1.50. The first-order valence-corrected chi connectivity index (χ1v) is 11.1. The van der Waals surface area contributed by atoms with Gasteiger partial charge in [0.1, 0.15) is 0 Å². The van der Waals surface area contributed by atoms with Crippen molar-refractivity contribution < 1.29 is 29.0 Å². The van der Waals surface area contributed by atoms with Gasteiger partial charge in [0.2, 0.25) is 0 Å². The van der Waals surface area contributed by atoms with Gasteiger partial charge in [0, 0.05) is 6.42 Å². The second kappa shape index (κ2) is 12.2. The fourth-order valence-electron chi connectivity index (χ4n) is 3.43. The molecule has 0 saturated heterocycles.